The van der Waals surface area contributed by atoms with Crippen LogP contribution in [0.1, 0.15) is 16.3 Å². The van der Waals surface area contributed by atoms with Gasteiger partial charge in [0.1, 0.15) is 6.33 Å². The van der Waals surface area contributed by atoms with Crippen LogP contribution in [-0.4, -0.2) is 36.0 Å². The molecule has 8 nitrogen and oxygen atoms in total. The van der Waals surface area contributed by atoms with Crippen LogP contribution in [0.3, 0.4) is 0 Å². The van der Waals surface area contributed by atoms with Crippen LogP contribution in [-0.2, 0) is 13.6 Å². The first-order chi connectivity index (χ1) is 10.2. The second-order valence-electron chi connectivity index (χ2n) is 4.46. The molecule has 0 unspecified atom stereocenters. The molecule has 3 aromatic rings. The van der Waals surface area contributed by atoms with Crippen molar-refractivity contribution >= 4 is 22.6 Å². The van der Waals surface area contributed by atoms with Crippen molar-refractivity contribution in [3.8, 4) is 0 Å². The number of aromatic nitrogens is 5. The summed E-state index contributed by atoms with van der Waals surface area (Å²) in [7, 11) is 1.82. The lowest BCUT2D eigenvalue weighted by Crippen LogP contribution is -2.12. The summed E-state index contributed by atoms with van der Waals surface area (Å²) in [6.45, 7) is 0.340. The molecule has 106 valence electrons. The number of anilines is 1. The van der Waals surface area contributed by atoms with Crippen LogP contribution in [0.5, 0.6) is 0 Å². The minimum absolute atomic E-state index is 0.115. The highest BCUT2D eigenvalue weighted by molar-refractivity contribution is 6.02. The van der Waals surface area contributed by atoms with Crippen molar-refractivity contribution < 1.29 is 9.90 Å². The summed E-state index contributed by atoms with van der Waals surface area (Å²) >= 11 is 0. The Kier molecular flexibility index (Phi) is 3.19. The number of carboxylic acid groups (broad SMARTS) is 1. The second kappa shape index (κ2) is 5.16. The number of aryl methyl sites for hydroxylation is 1. The van der Waals surface area contributed by atoms with Gasteiger partial charge < -0.3 is 15.0 Å². The van der Waals surface area contributed by atoms with Crippen molar-refractivity contribution in [1.82, 2.24) is 25.0 Å². The normalized spacial score (nSPS) is 10.7. The number of aromatic carboxylic acids is 1. The SMILES string of the molecule is Cn1cnnc1CNc1c(C(=O)O)nnc2ccccc12. The van der Waals surface area contributed by atoms with Crippen molar-refractivity contribution in [3.63, 3.8) is 0 Å². The predicted octanol–water partition coefficient (Wildman–Crippen LogP) is 1.07. The maximum absolute atomic E-state index is 11.3. The molecule has 0 atom stereocenters. The molecule has 0 aliphatic carbocycles. The highest BCUT2D eigenvalue weighted by Gasteiger charge is 2.16. The van der Waals surface area contributed by atoms with Gasteiger partial charge in [-0.2, -0.15) is 0 Å². The number of nitrogens with one attached hydrogen (secondary N) is 1. The van der Waals surface area contributed by atoms with Gasteiger partial charge >= 0.3 is 5.97 Å². The average Bonchev–Trinajstić information content (AvgIpc) is 2.89. The van der Waals surface area contributed by atoms with E-state index in [4.69, 9.17) is 0 Å². The highest BCUT2D eigenvalue weighted by atomic mass is 16.4. The topological polar surface area (TPSA) is 106 Å². The Hall–Kier alpha value is -3.03. The van der Waals surface area contributed by atoms with Crippen LogP contribution in [0.15, 0.2) is 30.6 Å². The van der Waals surface area contributed by atoms with Gasteiger partial charge in [-0.3, -0.25) is 0 Å². The third kappa shape index (κ3) is 2.38. The van der Waals surface area contributed by atoms with Crippen molar-refractivity contribution in [2.24, 2.45) is 7.05 Å². The molecule has 3 rings (SSSR count). The van der Waals surface area contributed by atoms with Crippen LogP contribution < -0.4 is 5.32 Å². The number of hydrogen-bond acceptors (Lipinski definition) is 6. The van der Waals surface area contributed by atoms with Gasteiger partial charge in [0.25, 0.3) is 0 Å². The summed E-state index contributed by atoms with van der Waals surface area (Å²) in [6, 6.07) is 7.23. The van der Waals surface area contributed by atoms with E-state index in [9.17, 15) is 9.90 Å². The third-order valence-electron chi connectivity index (χ3n) is 3.10. The molecule has 0 aliphatic rings. The molecule has 2 N–H and O–H groups in total. The van der Waals surface area contributed by atoms with Gasteiger partial charge in [-0.05, 0) is 6.07 Å². The quantitative estimate of drug-likeness (QED) is 0.738. The minimum Gasteiger partial charge on any atom is -0.476 e. The first kappa shape index (κ1) is 13.0. The van der Waals surface area contributed by atoms with E-state index in [1.54, 1.807) is 23.0 Å². The first-order valence-electron chi connectivity index (χ1n) is 6.22. The molecule has 0 fully saturated rings. The summed E-state index contributed by atoms with van der Waals surface area (Å²) in [4.78, 5) is 11.3. The molecule has 0 aliphatic heterocycles. The van der Waals surface area contributed by atoms with E-state index in [1.807, 2.05) is 19.2 Å². The Morgan fingerprint density at radius 2 is 2.10 bits per heavy atom. The predicted molar refractivity (Wildman–Crippen MR) is 74.8 cm³/mol. The van der Waals surface area contributed by atoms with Gasteiger partial charge in [-0.1, -0.05) is 18.2 Å². The van der Waals surface area contributed by atoms with E-state index >= 15 is 0 Å². The fourth-order valence-corrected chi connectivity index (χ4v) is 2.02. The average molecular weight is 284 g/mol. The lowest BCUT2D eigenvalue weighted by molar-refractivity contribution is 0.0690. The molecule has 2 aromatic heterocycles. The molecule has 2 heterocycles. The fourth-order valence-electron chi connectivity index (χ4n) is 2.02. The summed E-state index contributed by atoms with van der Waals surface area (Å²) in [6.07, 6.45) is 1.58. The lowest BCUT2D eigenvalue weighted by atomic mass is 10.1. The van der Waals surface area contributed by atoms with Gasteiger partial charge in [0, 0.05) is 12.4 Å². The number of nitrogens with zero attached hydrogens (tertiary/aromatic N) is 5. The molecule has 0 bridgehead atoms. The number of benzene rings is 1. The summed E-state index contributed by atoms with van der Waals surface area (Å²) in [5, 5.41) is 28.5. The molecule has 21 heavy (non-hydrogen) atoms. The molecule has 0 saturated heterocycles. The maximum atomic E-state index is 11.3. The molecule has 1 aromatic carbocycles. The van der Waals surface area contributed by atoms with Crippen LogP contribution >= 0.6 is 0 Å². The Bertz CT molecular complexity index is 813. The zero-order valence-electron chi connectivity index (χ0n) is 11.2. The number of fused-ring (bicyclic) bond motifs is 1. The summed E-state index contributed by atoms with van der Waals surface area (Å²) < 4.78 is 1.75. The van der Waals surface area contributed by atoms with Gasteiger partial charge in [0.15, 0.2) is 11.5 Å². The zero-order valence-corrected chi connectivity index (χ0v) is 11.2. The van der Waals surface area contributed by atoms with Crippen LogP contribution in [0, 0.1) is 0 Å². The van der Waals surface area contributed by atoms with Crippen LogP contribution in [0.2, 0.25) is 0 Å². The van der Waals surface area contributed by atoms with Gasteiger partial charge in [-0.15, -0.1) is 20.4 Å². The van der Waals surface area contributed by atoms with Gasteiger partial charge in [0.05, 0.1) is 17.7 Å². The smallest absolute Gasteiger partial charge is 0.358 e. The van der Waals surface area contributed by atoms with E-state index in [2.05, 4.69) is 25.7 Å². The first-order valence-corrected chi connectivity index (χ1v) is 6.22. The van der Waals surface area contributed by atoms with Crippen LogP contribution in [0.4, 0.5) is 5.69 Å². The Labute approximate surface area is 119 Å². The molecular weight excluding hydrogens is 272 g/mol. The Morgan fingerprint density at radius 1 is 1.29 bits per heavy atom. The zero-order chi connectivity index (χ0) is 14.8. The van der Waals surface area contributed by atoms with E-state index in [0.717, 1.165) is 0 Å². The standard InChI is InChI=1S/C13H12N6O2/c1-19-7-15-17-10(19)6-14-11-8-4-2-3-5-9(8)16-18-12(11)13(20)21/h2-5,7H,6H2,1H3,(H,14,16)(H,20,21). The van der Waals surface area contributed by atoms with Crippen LogP contribution in [0.25, 0.3) is 10.9 Å². The van der Waals surface area contributed by atoms with E-state index in [0.29, 0.717) is 29.0 Å². The third-order valence-corrected chi connectivity index (χ3v) is 3.10. The van der Waals surface area contributed by atoms with Crippen molar-refractivity contribution in [1.29, 1.82) is 0 Å². The molecule has 0 spiro atoms. The van der Waals surface area contributed by atoms with Gasteiger partial charge in [-0.25, -0.2) is 4.79 Å². The fraction of sp³-hybridized carbons (Fsp3) is 0.154. The minimum atomic E-state index is -1.13. The van der Waals surface area contributed by atoms with Crippen molar-refractivity contribution in [2.45, 2.75) is 6.54 Å². The molecule has 0 radical (unpaired) electrons. The number of carboxylic acids is 1. The number of hydrogen-bond donors (Lipinski definition) is 2. The number of carbonyl (C=O) groups is 1. The Morgan fingerprint density at radius 3 is 2.81 bits per heavy atom. The summed E-state index contributed by atoms with van der Waals surface area (Å²) in [5.41, 5.74) is 0.940. The van der Waals surface area contributed by atoms with E-state index in [-0.39, 0.29) is 5.69 Å². The largest absolute Gasteiger partial charge is 0.476 e. The monoisotopic (exact) mass is 284 g/mol. The summed E-state index contributed by atoms with van der Waals surface area (Å²) in [5.74, 6) is -0.444. The molecule has 8 heteroatoms. The van der Waals surface area contributed by atoms with Crippen molar-refractivity contribution in [3.05, 3.63) is 42.1 Å². The van der Waals surface area contributed by atoms with Gasteiger partial charge in [0.2, 0.25) is 0 Å². The van der Waals surface area contributed by atoms with E-state index in [1.165, 1.54) is 0 Å². The number of rotatable bonds is 4. The Balaban J connectivity index is 2.04. The van der Waals surface area contributed by atoms with E-state index < -0.39 is 5.97 Å². The highest BCUT2D eigenvalue weighted by Crippen LogP contribution is 2.24. The molecule has 0 saturated carbocycles. The molecular formula is C13H12N6O2. The molecule has 0 amide bonds. The second-order valence-corrected chi connectivity index (χ2v) is 4.46. The maximum Gasteiger partial charge on any atom is 0.358 e. The van der Waals surface area contributed by atoms with Crippen molar-refractivity contribution in [2.75, 3.05) is 5.32 Å². The lowest BCUT2D eigenvalue weighted by Gasteiger charge is -2.10.